The Morgan fingerprint density at radius 2 is 0.500 bits per heavy atom. The van der Waals surface area contributed by atoms with Gasteiger partial charge in [0.15, 0.2) is 0 Å². The Morgan fingerprint density at radius 3 is 0.904 bits per heavy atom. The number of hydrogen-bond donors (Lipinski definition) is 24. The third-order valence-electron chi connectivity index (χ3n) is 5.77. The van der Waals surface area contributed by atoms with Crippen LogP contribution in [0.5, 0.6) is 0 Å². The molecular weight excluding hydrogens is 924 g/mol. The van der Waals surface area contributed by atoms with Crippen LogP contribution in [0.15, 0.2) is 54.2 Å². The summed E-state index contributed by atoms with van der Waals surface area (Å²) in [5, 5.41) is 25.2. The van der Waals surface area contributed by atoms with Crippen LogP contribution in [0.2, 0.25) is 0 Å². The minimum atomic E-state index is -3.19. The Morgan fingerprint density at radius 1 is 0.231 bits per heavy atom. The van der Waals surface area contributed by atoms with Crippen molar-refractivity contribution in [1.29, 1.82) is 0 Å². The number of nitrogens with one attached hydrogen (secondary N) is 8. The normalized spacial score (nSPS) is 39.7. The van der Waals surface area contributed by atoms with Crippen molar-refractivity contribution in [2.24, 2.45) is 142 Å². The van der Waals surface area contributed by atoms with Gasteiger partial charge in [-0.1, -0.05) is 0 Å². The van der Waals surface area contributed by atoms with Crippen molar-refractivity contribution in [3.8, 4) is 0 Å². The van der Waals surface area contributed by atoms with E-state index in [4.69, 9.17) is 97.1 Å². The largest absolute Gasteiger partial charge is 0.267 e. The van der Waals surface area contributed by atoms with E-state index in [-0.39, 0.29) is 26.7 Å². The fraction of sp³-hybridized carbons (Fsp3) is 1.00. The first-order valence-corrected chi connectivity index (χ1v) is 35.0. The monoisotopic (exact) mass is 972 g/mol. The molecule has 4 unspecified atom stereocenters. The van der Waals surface area contributed by atoms with E-state index in [2.05, 4.69) is 85.9 Å². The Labute approximate surface area is 299 Å². The summed E-state index contributed by atoms with van der Waals surface area (Å²) in [5.41, 5.74) is 95.5. The van der Waals surface area contributed by atoms with E-state index in [1.807, 2.05) is 0 Å². The van der Waals surface area contributed by atoms with Crippen LogP contribution < -0.4 is 129 Å². The highest BCUT2D eigenvalue weighted by molar-refractivity contribution is 7.85. The van der Waals surface area contributed by atoms with Crippen LogP contribution in [0, 0.1) is 0 Å². The molecule has 2 spiro atoms. The molecule has 1 fully saturated rings. The number of nitrogens with two attached hydrogens (primary N) is 16. The summed E-state index contributed by atoms with van der Waals surface area (Å²) in [6, 6.07) is 0. The molecule has 48 heteroatoms. The van der Waals surface area contributed by atoms with E-state index in [0.29, 0.717) is 0 Å². The maximum absolute atomic E-state index is 6.71. The average molecular weight is 972 g/mol. The molecule has 304 valence electrons. The second-order valence-corrected chi connectivity index (χ2v) is 38.2. The van der Waals surface area contributed by atoms with Gasteiger partial charge in [-0.05, 0) is 0 Å². The van der Waals surface area contributed by atoms with Crippen LogP contribution >= 0.6 is 90.1 Å². The molecule has 0 aliphatic carbocycles. The van der Waals surface area contributed by atoms with Crippen LogP contribution in [0.4, 0.5) is 0 Å². The molecule has 0 aromatic rings. The summed E-state index contributed by atoms with van der Waals surface area (Å²) in [7, 11) is -36.4. The SMILES string of the molecule is NP1(N)=NP(N)(N)=NP(N)(N)=N1.NP1(N)=NP(N)(N)=NP2(=N1)NCNP1(=NP3(N)=NP(N)(=N1)NCNP1(N)=NP(N)(=NP(N)(N)=N1)NCN3)NCN2. The zero-order chi connectivity index (χ0) is 39.0. The molecule has 6 heterocycles. The molecule has 40 N–H and O–H groups in total. The summed E-state index contributed by atoms with van der Waals surface area (Å²) in [6.45, 7) is 0.113. The van der Waals surface area contributed by atoms with E-state index in [0.717, 1.165) is 0 Å². The first-order valence-electron chi connectivity index (χ1n) is 13.5. The Kier molecular flexibility index (Phi) is 12.8. The maximum atomic E-state index is 6.71. The van der Waals surface area contributed by atoms with Gasteiger partial charge in [0.2, 0.25) is 90.1 Å². The molecule has 6 rings (SSSR count). The Hall–Kier alpha value is 1.80. The van der Waals surface area contributed by atoms with Gasteiger partial charge >= 0.3 is 0 Å². The lowest BCUT2D eigenvalue weighted by molar-refractivity contribution is 0.774. The lowest BCUT2D eigenvalue weighted by atomic mass is 11.3. The lowest BCUT2D eigenvalue weighted by Crippen LogP contribution is -2.41. The predicted molar refractivity (Wildman–Crippen MR) is 224 cm³/mol. The second kappa shape index (κ2) is 14.8. The van der Waals surface area contributed by atoms with E-state index < -0.39 is 90.1 Å². The van der Waals surface area contributed by atoms with Crippen LogP contribution in [-0.4, -0.2) is 26.7 Å². The van der Waals surface area contributed by atoms with Gasteiger partial charge in [-0.15, -0.1) is 0 Å². The van der Waals surface area contributed by atoms with Gasteiger partial charge in [-0.25, -0.2) is 40.7 Å². The number of rotatable bonds is 0. The standard InChI is InChI=1S/C4H36N27P9.H12N9P3/c5-32(6)23-33(7,8)27-39(26-32)19-3-21-40(22-4-20-39)30-37(13)17-1-15-35(11)24-34(9,10)25-36(12,28-35)16-2-18-38(14,29-37)31-40;1-10(2)7-11(3,4)9-12(5,6)8-10/h15-22H,1-14H2;1-6H2. The van der Waals surface area contributed by atoms with Gasteiger partial charge in [0.1, 0.15) is 0 Å². The summed E-state index contributed by atoms with van der Waals surface area (Å²) in [6.07, 6.45) is 0. The van der Waals surface area contributed by atoms with Gasteiger partial charge in [0.05, 0.1) is 26.7 Å². The van der Waals surface area contributed by atoms with Crippen molar-refractivity contribution in [3.05, 3.63) is 0 Å². The molecule has 0 saturated carbocycles. The molecule has 0 aromatic carbocycles. The smallest absolute Gasteiger partial charge is 0.218 e. The first-order chi connectivity index (χ1) is 23.3. The molecular formula is C4H48N36P12. The zero-order valence-electron chi connectivity index (χ0n) is 26.8. The van der Waals surface area contributed by atoms with Crippen LogP contribution in [0.1, 0.15) is 0 Å². The van der Waals surface area contributed by atoms with Crippen LogP contribution in [0.3, 0.4) is 0 Å². The quantitative estimate of drug-likeness (QED) is 0.133. The lowest BCUT2D eigenvalue weighted by Gasteiger charge is -2.38. The first kappa shape index (κ1) is 44.9. The van der Waals surface area contributed by atoms with Gasteiger partial charge in [-0.2, -0.15) is 54.2 Å². The molecule has 6 aliphatic heterocycles. The van der Waals surface area contributed by atoms with Crippen molar-refractivity contribution in [1.82, 2.24) is 40.7 Å². The van der Waals surface area contributed by atoms with E-state index in [9.17, 15) is 0 Å². The summed E-state index contributed by atoms with van der Waals surface area (Å²) < 4.78 is 51.3. The molecule has 4 bridgehead atoms. The molecule has 1 saturated heterocycles. The van der Waals surface area contributed by atoms with Gasteiger partial charge in [-0.3, -0.25) is 88.1 Å². The molecule has 6 aliphatic rings. The third kappa shape index (κ3) is 11.9. The zero-order valence-corrected chi connectivity index (χ0v) is 37.5. The predicted octanol–water partition coefficient (Wildman–Crippen LogP) is -0.705. The fourth-order valence-electron chi connectivity index (χ4n) is 4.46. The summed E-state index contributed by atoms with van der Waals surface area (Å²) >= 11 is 0. The third-order valence-corrected chi connectivity index (χ3v) is 37.3. The second-order valence-electron chi connectivity index (χ2n) is 11.0. The average Bonchev–Trinajstić information content (AvgIpc) is 2.80. The fourth-order valence-corrected chi connectivity index (χ4v) is 37.9. The topological polar surface area (TPSA) is 661 Å². The van der Waals surface area contributed by atoms with E-state index >= 15 is 0 Å². The highest BCUT2D eigenvalue weighted by Crippen LogP contribution is 2.71. The highest BCUT2D eigenvalue weighted by atomic mass is 31.3. The van der Waals surface area contributed by atoms with Crippen molar-refractivity contribution < 1.29 is 0 Å². The molecule has 36 nitrogen and oxygen atoms in total. The summed E-state index contributed by atoms with van der Waals surface area (Å²) in [4.78, 5) is 0. The van der Waals surface area contributed by atoms with Gasteiger partial charge in [0, 0.05) is 0 Å². The minimum absolute atomic E-state index is 0.0153. The van der Waals surface area contributed by atoms with Crippen LogP contribution in [0.25, 0.3) is 0 Å². The van der Waals surface area contributed by atoms with Gasteiger partial charge in [0.25, 0.3) is 0 Å². The number of fused-ring (bicyclic) bond motifs is 2. The maximum Gasteiger partial charge on any atom is 0.218 e. The number of hydrogen-bond acceptors (Lipinski definition) is 36. The van der Waals surface area contributed by atoms with Crippen molar-refractivity contribution in [2.75, 3.05) is 26.7 Å². The van der Waals surface area contributed by atoms with Crippen molar-refractivity contribution in [3.63, 3.8) is 0 Å². The van der Waals surface area contributed by atoms with Gasteiger partial charge < -0.3 is 0 Å². The van der Waals surface area contributed by atoms with E-state index in [1.54, 1.807) is 0 Å². The Bertz CT molecular complexity index is 2080. The van der Waals surface area contributed by atoms with Crippen LogP contribution in [-0.2, 0) is 0 Å². The molecule has 0 aromatic heterocycles. The molecule has 0 amide bonds. The molecule has 0 radical (unpaired) electrons. The summed E-state index contributed by atoms with van der Waals surface area (Å²) in [5.74, 6) is 0. The number of nitrogens with zero attached hydrogens (tertiary/aromatic N) is 12. The van der Waals surface area contributed by atoms with E-state index in [1.165, 1.54) is 0 Å². The molecule has 4 atom stereocenters. The minimum Gasteiger partial charge on any atom is -0.267 e. The van der Waals surface area contributed by atoms with Crippen molar-refractivity contribution >= 4 is 90.1 Å². The molecule has 52 heavy (non-hydrogen) atoms. The van der Waals surface area contributed by atoms with Crippen molar-refractivity contribution in [2.45, 2.75) is 0 Å². The Balaban J connectivity index is 0.000000370. The highest BCUT2D eigenvalue weighted by Gasteiger charge is 2.38.